The highest BCUT2D eigenvalue weighted by Gasteiger charge is 2.25. The van der Waals surface area contributed by atoms with Crippen LogP contribution < -0.4 is 5.32 Å². The second-order valence-corrected chi connectivity index (χ2v) is 5.21. The van der Waals surface area contributed by atoms with Crippen LogP contribution in [0.2, 0.25) is 5.02 Å². The summed E-state index contributed by atoms with van der Waals surface area (Å²) in [6.07, 6.45) is 3.59. The van der Waals surface area contributed by atoms with Gasteiger partial charge in [0.2, 0.25) is 0 Å². The van der Waals surface area contributed by atoms with Crippen molar-refractivity contribution >= 4 is 36.4 Å². The van der Waals surface area contributed by atoms with Crippen LogP contribution in [0.1, 0.15) is 24.4 Å². The van der Waals surface area contributed by atoms with Crippen LogP contribution in [0.4, 0.5) is 4.39 Å². The highest BCUT2D eigenvalue weighted by molar-refractivity contribution is 6.31. The Labute approximate surface area is 143 Å². The zero-order valence-electron chi connectivity index (χ0n) is 11.9. The van der Waals surface area contributed by atoms with Crippen molar-refractivity contribution < 1.29 is 4.39 Å². The first kappa shape index (κ1) is 20.7. The predicted octanol–water partition coefficient (Wildman–Crippen LogP) is 4.24. The van der Waals surface area contributed by atoms with E-state index < -0.39 is 0 Å². The molecule has 0 bridgehead atoms. The fourth-order valence-corrected chi connectivity index (χ4v) is 2.90. The molecule has 0 amide bonds. The van der Waals surface area contributed by atoms with Gasteiger partial charge in [-0.25, -0.2) is 4.39 Å². The maximum atomic E-state index is 14.1. The standard InChI is InChI=1S/C15H20ClFN2.2ClH/c1-2-3-7-14(19-10-8-18-9-11-19)15-12(16)5-4-6-13(15)17;;/h2,4-6,14,18H,1,3,7-11H2;2*1H/t14-;;/m0../s1. The Balaban J connectivity index is 0.00000200. The van der Waals surface area contributed by atoms with Crippen LogP contribution in [0, 0.1) is 5.82 Å². The third-order valence-electron chi connectivity index (χ3n) is 3.57. The van der Waals surface area contributed by atoms with Crippen molar-refractivity contribution in [2.45, 2.75) is 18.9 Å². The van der Waals surface area contributed by atoms with E-state index in [0.29, 0.717) is 10.6 Å². The lowest BCUT2D eigenvalue weighted by Gasteiger charge is -2.35. The molecule has 1 aliphatic heterocycles. The van der Waals surface area contributed by atoms with Crippen LogP contribution >= 0.6 is 36.4 Å². The quantitative estimate of drug-likeness (QED) is 0.795. The Kier molecular flexibility index (Phi) is 10.3. The highest BCUT2D eigenvalue weighted by atomic mass is 35.5. The molecule has 1 fully saturated rings. The molecular formula is C15H22Cl3FN2. The molecule has 1 saturated heterocycles. The van der Waals surface area contributed by atoms with E-state index in [1.165, 1.54) is 6.07 Å². The number of nitrogens with zero attached hydrogens (tertiary/aromatic N) is 1. The minimum absolute atomic E-state index is 0. The molecule has 0 saturated carbocycles. The number of piperazine rings is 1. The number of benzene rings is 1. The van der Waals surface area contributed by atoms with Gasteiger partial charge in [0.1, 0.15) is 5.82 Å². The molecule has 0 spiro atoms. The Morgan fingerprint density at radius 3 is 2.57 bits per heavy atom. The van der Waals surface area contributed by atoms with Crippen molar-refractivity contribution in [2.75, 3.05) is 26.2 Å². The Hall–Kier alpha value is -0.320. The van der Waals surface area contributed by atoms with E-state index in [4.69, 9.17) is 11.6 Å². The molecule has 1 aromatic rings. The lowest BCUT2D eigenvalue weighted by atomic mass is 9.98. The Morgan fingerprint density at radius 2 is 2.00 bits per heavy atom. The lowest BCUT2D eigenvalue weighted by molar-refractivity contribution is 0.163. The molecule has 2 nitrogen and oxygen atoms in total. The minimum atomic E-state index is -0.208. The van der Waals surface area contributed by atoms with Gasteiger partial charge < -0.3 is 5.32 Å². The normalized spacial score (nSPS) is 16.5. The average Bonchev–Trinajstić information content (AvgIpc) is 2.43. The molecule has 1 aliphatic rings. The molecular weight excluding hydrogens is 334 g/mol. The zero-order chi connectivity index (χ0) is 13.7. The zero-order valence-corrected chi connectivity index (χ0v) is 14.2. The third-order valence-corrected chi connectivity index (χ3v) is 3.90. The molecule has 0 unspecified atom stereocenters. The van der Waals surface area contributed by atoms with Crippen molar-refractivity contribution in [1.82, 2.24) is 10.2 Å². The second-order valence-electron chi connectivity index (χ2n) is 4.80. The first-order valence-corrected chi connectivity index (χ1v) is 7.11. The number of hydrogen-bond acceptors (Lipinski definition) is 2. The fourth-order valence-electron chi connectivity index (χ4n) is 2.61. The van der Waals surface area contributed by atoms with Gasteiger partial charge in [0.05, 0.1) is 0 Å². The largest absolute Gasteiger partial charge is 0.314 e. The van der Waals surface area contributed by atoms with Gasteiger partial charge in [-0.1, -0.05) is 23.7 Å². The summed E-state index contributed by atoms with van der Waals surface area (Å²) in [5.74, 6) is -0.208. The summed E-state index contributed by atoms with van der Waals surface area (Å²) in [5, 5.41) is 3.84. The number of rotatable bonds is 5. The van der Waals surface area contributed by atoms with Crippen LogP contribution in [-0.2, 0) is 0 Å². The van der Waals surface area contributed by atoms with Crippen molar-refractivity contribution in [1.29, 1.82) is 0 Å². The smallest absolute Gasteiger partial charge is 0.129 e. The van der Waals surface area contributed by atoms with E-state index in [9.17, 15) is 4.39 Å². The summed E-state index contributed by atoms with van der Waals surface area (Å²) < 4.78 is 14.1. The van der Waals surface area contributed by atoms with Gasteiger partial charge in [0, 0.05) is 42.8 Å². The molecule has 1 atom stereocenters. The molecule has 6 heteroatoms. The van der Waals surface area contributed by atoms with E-state index in [-0.39, 0.29) is 36.7 Å². The summed E-state index contributed by atoms with van der Waals surface area (Å²) in [5.41, 5.74) is 0.632. The SMILES string of the molecule is C=CCC[C@@H](c1c(F)cccc1Cl)N1CCNCC1.Cl.Cl. The van der Waals surface area contributed by atoms with E-state index in [2.05, 4.69) is 16.8 Å². The van der Waals surface area contributed by atoms with Gasteiger partial charge in [-0.05, 0) is 25.0 Å². The van der Waals surface area contributed by atoms with Gasteiger partial charge in [0.15, 0.2) is 0 Å². The monoisotopic (exact) mass is 354 g/mol. The first-order chi connectivity index (χ1) is 9.24. The third kappa shape index (κ3) is 5.42. The van der Waals surface area contributed by atoms with Crippen LogP contribution in [0.3, 0.4) is 0 Å². The molecule has 1 N–H and O–H groups in total. The summed E-state index contributed by atoms with van der Waals surface area (Å²) >= 11 is 6.21. The maximum absolute atomic E-state index is 14.1. The predicted molar refractivity (Wildman–Crippen MR) is 92.5 cm³/mol. The van der Waals surface area contributed by atoms with E-state index in [0.717, 1.165) is 39.0 Å². The summed E-state index contributed by atoms with van der Waals surface area (Å²) in [4.78, 5) is 2.31. The topological polar surface area (TPSA) is 15.3 Å². The Morgan fingerprint density at radius 1 is 1.33 bits per heavy atom. The van der Waals surface area contributed by atoms with Crippen LogP contribution in [0.15, 0.2) is 30.9 Å². The van der Waals surface area contributed by atoms with Gasteiger partial charge in [-0.15, -0.1) is 31.4 Å². The fraction of sp³-hybridized carbons (Fsp3) is 0.467. The number of allylic oxidation sites excluding steroid dienone is 1. The van der Waals surface area contributed by atoms with Gasteiger partial charge in [-0.3, -0.25) is 4.90 Å². The number of halogens is 4. The van der Waals surface area contributed by atoms with E-state index >= 15 is 0 Å². The molecule has 2 rings (SSSR count). The highest BCUT2D eigenvalue weighted by Crippen LogP contribution is 2.33. The molecule has 0 radical (unpaired) electrons. The van der Waals surface area contributed by atoms with Crippen molar-refractivity contribution in [2.24, 2.45) is 0 Å². The van der Waals surface area contributed by atoms with Gasteiger partial charge >= 0.3 is 0 Å². The first-order valence-electron chi connectivity index (χ1n) is 6.73. The van der Waals surface area contributed by atoms with Crippen LogP contribution in [-0.4, -0.2) is 31.1 Å². The maximum Gasteiger partial charge on any atom is 0.129 e. The van der Waals surface area contributed by atoms with Crippen LogP contribution in [0.5, 0.6) is 0 Å². The summed E-state index contributed by atoms with van der Waals surface area (Å²) in [6, 6.07) is 4.95. The molecule has 0 aromatic heterocycles. The lowest BCUT2D eigenvalue weighted by Crippen LogP contribution is -2.45. The van der Waals surface area contributed by atoms with E-state index in [1.54, 1.807) is 12.1 Å². The molecule has 0 aliphatic carbocycles. The molecule has 21 heavy (non-hydrogen) atoms. The van der Waals surface area contributed by atoms with E-state index in [1.807, 2.05) is 6.08 Å². The van der Waals surface area contributed by atoms with Gasteiger partial charge in [0.25, 0.3) is 0 Å². The average molecular weight is 356 g/mol. The summed E-state index contributed by atoms with van der Waals surface area (Å²) in [6.45, 7) is 7.49. The molecule has 120 valence electrons. The van der Waals surface area contributed by atoms with Crippen LogP contribution in [0.25, 0.3) is 0 Å². The van der Waals surface area contributed by atoms with Crippen molar-refractivity contribution in [3.8, 4) is 0 Å². The number of nitrogens with one attached hydrogen (secondary N) is 1. The van der Waals surface area contributed by atoms with Crippen molar-refractivity contribution in [3.63, 3.8) is 0 Å². The molecule has 1 heterocycles. The Bertz CT molecular complexity index is 417. The summed E-state index contributed by atoms with van der Waals surface area (Å²) in [7, 11) is 0. The molecule has 1 aromatic carbocycles. The van der Waals surface area contributed by atoms with Gasteiger partial charge in [-0.2, -0.15) is 0 Å². The van der Waals surface area contributed by atoms with Crippen molar-refractivity contribution in [3.05, 3.63) is 47.3 Å². The number of hydrogen-bond donors (Lipinski definition) is 1. The minimum Gasteiger partial charge on any atom is -0.314 e. The second kappa shape index (κ2) is 10.4.